The van der Waals surface area contributed by atoms with Crippen LogP contribution in [0.5, 0.6) is 0 Å². The lowest BCUT2D eigenvalue weighted by Crippen LogP contribution is -2.40. The molecule has 0 aromatic carbocycles. The van der Waals surface area contributed by atoms with E-state index < -0.39 is 0 Å². The Morgan fingerprint density at radius 3 is 2.50 bits per heavy atom. The zero-order valence-corrected chi connectivity index (χ0v) is 14.0. The molecule has 0 aliphatic rings. The SMILES string of the molecule is CCCCCC(C)NCCN(C)C(CC)CSC. The van der Waals surface area contributed by atoms with E-state index in [-0.39, 0.29) is 0 Å². The van der Waals surface area contributed by atoms with Crippen molar-refractivity contribution in [2.45, 2.75) is 65.0 Å². The molecular weight excluding hydrogens is 240 g/mol. The molecule has 0 aliphatic carbocycles. The third kappa shape index (κ3) is 9.23. The van der Waals surface area contributed by atoms with E-state index in [1.54, 1.807) is 0 Å². The Morgan fingerprint density at radius 2 is 1.94 bits per heavy atom. The summed E-state index contributed by atoms with van der Waals surface area (Å²) in [6.07, 6.45) is 8.83. The molecule has 1 N–H and O–H groups in total. The molecule has 2 atom stereocenters. The minimum absolute atomic E-state index is 0.672. The maximum absolute atomic E-state index is 3.65. The van der Waals surface area contributed by atoms with E-state index in [0.29, 0.717) is 6.04 Å². The first-order chi connectivity index (χ1) is 8.65. The van der Waals surface area contributed by atoms with E-state index in [9.17, 15) is 0 Å². The fraction of sp³-hybridized carbons (Fsp3) is 1.00. The van der Waals surface area contributed by atoms with Gasteiger partial charge in [-0.05, 0) is 33.1 Å². The first-order valence-electron chi connectivity index (χ1n) is 7.58. The van der Waals surface area contributed by atoms with Crippen LogP contribution in [0.1, 0.15) is 52.9 Å². The van der Waals surface area contributed by atoms with Crippen LogP contribution in [-0.2, 0) is 0 Å². The van der Waals surface area contributed by atoms with Crippen LogP contribution in [0.3, 0.4) is 0 Å². The molecule has 0 amide bonds. The highest BCUT2D eigenvalue weighted by molar-refractivity contribution is 7.98. The lowest BCUT2D eigenvalue weighted by Gasteiger charge is -2.27. The zero-order chi connectivity index (χ0) is 13.8. The number of hydrogen-bond acceptors (Lipinski definition) is 3. The molecule has 0 radical (unpaired) electrons. The highest BCUT2D eigenvalue weighted by atomic mass is 32.2. The molecule has 2 nitrogen and oxygen atoms in total. The molecule has 0 heterocycles. The van der Waals surface area contributed by atoms with Gasteiger partial charge in [-0.3, -0.25) is 0 Å². The summed E-state index contributed by atoms with van der Waals surface area (Å²) in [6, 6.07) is 1.41. The van der Waals surface area contributed by atoms with Crippen LogP contribution in [0.4, 0.5) is 0 Å². The van der Waals surface area contributed by atoms with Crippen molar-refractivity contribution in [3.05, 3.63) is 0 Å². The van der Waals surface area contributed by atoms with Gasteiger partial charge in [-0.15, -0.1) is 0 Å². The van der Waals surface area contributed by atoms with Gasteiger partial charge in [0.15, 0.2) is 0 Å². The van der Waals surface area contributed by atoms with Gasteiger partial charge in [0.05, 0.1) is 0 Å². The standard InChI is InChI=1S/C15H34N2S/c1-6-8-9-10-14(3)16-11-12-17(4)15(7-2)13-18-5/h14-16H,6-13H2,1-5H3. The molecule has 18 heavy (non-hydrogen) atoms. The molecule has 0 aliphatic heterocycles. The highest BCUT2D eigenvalue weighted by Gasteiger charge is 2.11. The molecule has 110 valence electrons. The largest absolute Gasteiger partial charge is 0.313 e. The molecule has 0 aromatic heterocycles. The summed E-state index contributed by atoms with van der Waals surface area (Å²) in [5, 5.41) is 3.65. The van der Waals surface area contributed by atoms with Crippen LogP contribution in [-0.4, -0.2) is 49.1 Å². The van der Waals surface area contributed by atoms with Crippen LogP contribution in [0.25, 0.3) is 0 Å². The van der Waals surface area contributed by atoms with E-state index in [1.807, 2.05) is 11.8 Å². The van der Waals surface area contributed by atoms with Crippen molar-refractivity contribution in [1.82, 2.24) is 10.2 Å². The van der Waals surface area contributed by atoms with Crippen LogP contribution < -0.4 is 5.32 Å². The van der Waals surface area contributed by atoms with E-state index in [1.165, 1.54) is 37.9 Å². The second kappa shape index (κ2) is 12.3. The average Bonchev–Trinajstić information content (AvgIpc) is 2.36. The molecule has 0 spiro atoms. The summed E-state index contributed by atoms with van der Waals surface area (Å²) in [5.41, 5.74) is 0. The molecular formula is C15H34N2S. The summed E-state index contributed by atoms with van der Waals surface area (Å²) >= 11 is 1.95. The van der Waals surface area contributed by atoms with Crippen molar-refractivity contribution in [3.63, 3.8) is 0 Å². The number of nitrogens with one attached hydrogen (secondary N) is 1. The monoisotopic (exact) mass is 274 g/mol. The summed E-state index contributed by atoms with van der Waals surface area (Å²) in [4.78, 5) is 2.50. The second-order valence-electron chi connectivity index (χ2n) is 5.35. The van der Waals surface area contributed by atoms with Gasteiger partial charge >= 0.3 is 0 Å². The van der Waals surface area contributed by atoms with Crippen LogP contribution in [0, 0.1) is 0 Å². The molecule has 0 saturated heterocycles. The van der Waals surface area contributed by atoms with Crippen LogP contribution >= 0.6 is 11.8 Å². The van der Waals surface area contributed by atoms with Gasteiger partial charge in [0.1, 0.15) is 0 Å². The summed E-state index contributed by atoms with van der Waals surface area (Å²) in [6.45, 7) is 9.16. The van der Waals surface area contributed by atoms with Crippen LogP contribution in [0.15, 0.2) is 0 Å². The maximum atomic E-state index is 3.65. The maximum Gasteiger partial charge on any atom is 0.0181 e. The van der Waals surface area contributed by atoms with Crippen molar-refractivity contribution in [2.24, 2.45) is 0 Å². The van der Waals surface area contributed by atoms with Gasteiger partial charge in [0.25, 0.3) is 0 Å². The minimum Gasteiger partial charge on any atom is -0.313 e. The smallest absolute Gasteiger partial charge is 0.0181 e. The fourth-order valence-electron chi connectivity index (χ4n) is 2.22. The normalized spacial score (nSPS) is 15.0. The van der Waals surface area contributed by atoms with Crippen molar-refractivity contribution in [1.29, 1.82) is 0 Å². The Kier molecular flexibility index (Phi) is 12.5. The molecule has 0 bridgehead atoms. The number of rotatable bonds is 12. The molecule has 0 aromatic rings. The predicted octanol–water partition coefficient (Wildman–Crippen LogP) is 3.62. The Morgan fingerprint density at radius 1 is 1.22 bits per heavy atom. The summed E-state index contributed by atoms with van der Waals surface area (Å²) in [7, 11) is 2.26. The molecule has 0 fully saturated rings. The number of hydrogen-bond donors (Lipinski definition) is 1. The predicted molar refractivity (Wildman–Crippen MR) is 86.7 cm³/mol. The fourth-order valence-corrected chi connectivity index (χ4v) is 3.10. The van der Waals surface area contributed by atoms with Crippen molar-refractivity contribution in [3.8, 4) is 0 Å². The van der Waals surface area contributed by atoms with E-state index >= 15 is 0 Å². The van der Waals surface area contributed by atoms with Gasteiger partial charge in [0, 0.05) is 30.9 Å². The first kappa shape index (κ1) is 18.3. The van der Waals surface area contributed by atoms with Crippen molar-refractivity contribution >= 4 is 11.8 Å². The van der Waals surface area contributed by atoms with Gasteiger partial charge in [-0.2, -0.15) is 11.8 Å². The number of thioether (sulfide) groups is 1. The lowest BCUT2D eigenvalue weighted by molar-refractivity contribution is 0.252. The van der Waals surface area contributed by atoms with E-state index in [4.69, 9.17) is 0 Å². The molecule has 0 saturated carbocycles. The third-order valence-electron chi connectivity index (χ3n) is 3.65. The topological polar surface area (TPSA) is 15.3 Å². The number of unbranched alkanes of at least 4 members (excludes halogenated alkanes) is 2. The summed E-state index contributed by atoms with van der Waals surface area (Å²) in [5.74, 6) is 1.25. The summed E-state index contributed by atoms with van der Waals surface area (Å²) < 4.78 is 0. The van der Waals surface area contributed by atoms with Crippen molar-refractivity contribution < 1.29 is 0 Å². The molecule has 3 heteroatoms. The zero-order valence-electron chi connectivity index (χ0n) is 13.2. The molecule has 2 unspecified atom stereocenters. The van der Waals surface area contributed by atoms with E-state index in [2.05, 4.69) is 44.3 Å². The van der Waals surface area contributed by atoms with Gasteiger partial charge < -0.3 is 10.2 Å². The Bertz CT molecular complexity index is 176. The molecule has 0 rings (SSSR count). The third-order valence-corrected chi connectivity index (χ3v) is 4.37. The van der Waals surface area contributed by atoms with Gasteiger partial charge in [-0.1, -0.05) is 33.1 Å². The van der Waals surface area contributed by atoms with E-state index in [0.717, 1.165) is 19.1 Å². The quantitative estimate of drug-likeness (QED) is 0.547. The van der Waals surface area contributed by atoms with Crippen LogP contribution in [0.2, 0.25) is 0 Å². The highest BCUT2D eigenvalue weighted by Crippen LogP contribution is 2.07. The first-order valence-corrected chi connectivity index (χ1v) is 8.97. The Labute approximate surface area is 119 Å². The van der Waals surface area contributed by atoms with Gasteiger partial charge in [0.2, 0.25) is 0 Å². The number of likely N-dealkylation sites (N-methyl/N-ethyl adjacent to an activating group) is 1. The average molecular weight is 275 g/mol. The lowest BCUT2D eigenvalue weighted by atomic mass is 10.1. The second-order valence-corrected chi connectivity index (χ2v) is 6.26. The number of nitrogens with zero attached hydrogens (tertiary/aromatic N) is 1. The minimum atomic E-state index is 0.672. The van der Waals surface area contributed by atoms with Gasteiger partial charge in [-0.25, -0.2) is 0 Å². The Hall–Kier alpha value is 0.270. The Balaban J connectivity index is 3.62. The van der Waals surface area contributed by atoms with Crippen molar-refractivity contribution in [2.75, 3.05) is 32.1 Å².